The van der Waals surface area contributed by atoms with Gasteiger partial charge in [0.05, 0.1) is 17.4 Å². The second kappa shape index (κ2) is 6.27. The molecule has 0 amide bonds. The molecule has 1 aromatic heterocycles. The van der Waals surface area contributed by atoms with Gasteiger partial charge in [0.15, 0.2) is 0 Å². The second-order valence-electron chi connectivity index (χ2n) is 6.02. The minimum absolute atomic E-state index is 0.550. The van der Waals surface area contributed by atoms with Crippen LogP contribution in [0.5, 0.6) is 0 Å². The molecule has 1 saturated heterocycles. The molecule has 0 N–H and O–H groups in total. The fraction of sp³-hybridized carbons (Fsp3) is 0.733. The summed E-state index contributed by atoms with van der Waals surface area (Å²) in [7, 11) is 2.10. The van der Waals surface area contributed by atoms with E-state index in [0.29, 0.717) is 11.1 Å². The van der Waals surface area contributed by atoms with Crippen molar-refractivity contribution in [3.8, 4) is 0 Å². The third-order valence-corrected chi connectivity index (χ3v) is 5.01. The number of nitrogens with zero attached hydrogens (tertiary/aromatic N) is 4. The van der Waals surface area contributed by atoms with Crippen LogP contribution in [0.3, 0.4) is 0 Å². The lowest BCUT2D eigenvalue weighted by Gasteiger charge is -2.39. The first-order chi connectivity index (χ1) is 9.74. The minimum Gasteiger partial charge on any atom is -0.341 e. The van der Waals surface area contributed by atoms with Gasteiger partial charge in [0.25, 0.3) is 0 Å². The molecule has 2 fully saturated rings. The van der Waals surface area contributed by atoms with Crippen molar-refractivity contribution in [3.05, 3.63) is 17.4 Å². The molecule has 110 valence electrons. The molecular formula is C15H23ClN4. The Balaban J connectivity index is 1.55. The summed E-state index contributed by atoms with van der Waals surface area (Å²) >= 11 is 5.84. The van der Waals surface area contributed by atoms with Crippen molar-refractivity contribution in [3.63, 3.8) is 0 Å². The molecule has 0 atom stereocenters. The summed E-state index contributed by atoms with van der Waals surface area (Å²) < 4.78 is 0. The van der Waals surface area contributed by atoms with Gasteiger partial charge in [0, 0.05) is 32.2 Å². The highest BCUT2D eigenvalue weighted by Crippen LogP contribution is 2.27. The zero-order valence-electron chi connectivity index (χ0n) is 12.1. The highest BCUT2D eigenvalue weighted by Gasteiger charge is 2.29. The lowest BCUT2D eigenvalue weighted by atomic mass is 10.0. The third kappa shape index (κ3) is 3.07. The summed E-state index contributed by atoms with van der Waals surface area (Å²) in [5.74, 6) is 0.786. The van der Waals surface area contributed by atoms with Crippen LogP contribution in [-0.2, 0) is 0 Å². The molecule has 2 aliphatic rings. The zero-order chi connectivity index (χ0) is 13.9. The molecule has 5 heteroatoms. The topological polar surface area (TPSA) is 32.3 Å². The maximum atomic E-state index is 5.84. The first kappa shape index (κ1) is 14.1. The first-order valence-corrected chi connectivity index (χ1v) is 8.06. The van der Waals surface area contributed by atoms with Gasteiger partial charge in [0.1, 0.15) is 0 Å². The van der Waals surface area contributed by atoms with Gasteiger partial charge in [-0.05, 0) is 25.7 Å². The second-order valence-corrected chi connectivity index (χ2v) is 6.45. The van der Waals surface area contributed by atoms with E-state index in [1.54, 1.807) is 12.4 Å². The largest absolute Gasteiger partial charge is 0.341 e. The quantitative estimate of drug-likeness (QED) is 0.858. The lowest BCUT2D eigenvalue weighted by Crippen LogP contribution is -2.46. The van der Waals surface area contributed by atoms with Gasteiger partial charge in [-0.25, -0.2) is 9.97 Å². The molecule has 2 heterocycles. The Labute approximate surface area is 126 Å². The Kier molecular flexibility index (Phi) is 4.41. The van der Waals surface area contributed by atoms with Crippen molar-refractivity contribution in [1.82, 2.24) is 14.9 Å². The SMILES string of the molecule is CN(c1ncc(Cl)cn1)C1CCN(C2CCCC2)CC1. The smallest absolute Gasteiger partial charge is 0.225 e. The standard InChI is InChI=1S/C15H23ClN4/c1-19(15-17-10-12(16)11-18-15)13-6-8-20(9-7-13)14-4-2-3-5-14/h10-11,13-14H,2-9H2,1H3. The fourth-order valence-electron chi connectivity index (χ4n) is 3.56. The van der Waals surface area contributed by atoms with E-state index in [9.17, 15) is 0 Å². The lowest BCUT2D eigenvalue weighted by molar-refractivity contribution is 0.153. The molecule has 1 aliphatic heterocycles. The predicted octanol–water partition coefficient (Wildman–Crippen LogP) is 2.97. The molecule has 0 bridgehead atoms. The number of halogens is 1. The van der Waals surface area contributed by atoms with Crippen LogP contribution in [0.25, 0.3) is 0 Å². The van der Waals surface area contributed by atoms with E-state index in [2.05, 4.69) is 26.8 Å². The molecule has 1 aliphatic carbocycles. The minimum atomic E-state index is 0.550. The van der Waals surface area contributed by atoms with Crippen LogP contribution in [-0.4, -0.2) is 47.1 Å². The predicted molar refractivity (Wildman–Crippen MR) is 82.3 cm³/mol. The highest BCUT2D eigenvalue weighted by molar-refractivity contribution is 6.30. The van der Waals surface area contributed by atoms with Gasteiger partial charge < -0.3 is 9.80 Å². The van der Waals surface area contributed by atoms with E-state index in [1.165, 1.54) is 51.6 Å². The average molecular weight is 295 g/mol. The van der Waals surface area contributed by atoms with E-state index in [-0.39, 0.29) is 0 Å². The summed E-state index contributed by atoms with van der Waals surface area (Å²) in [6.45, 7) is 2.43. The van der Waals surface area contributed by atoms with Gasteiger partial charge in [-0.15, -0.1) is 0 Å². The Hall–Kier alpha value is -0.870. The Morgan fingerprint density at radius 1 is 1.10 bits per heavy atom. The van der Waals surface area contributed by atoms with Crippen LogP contribution in [0.15, 0.2) is 12.4 Å². The third-order valence-electron chi connectivity index (χ3n) is 4.81. The number of anilines is 1. The van der Waals surface area contributed by atoms with E-state index in [0.717, 1.165) is 12.0 Å². The molecular weight excluding hydrogens is 272 g/mol. The summed E-state index contributed by atoms with van der Waals surface area (Å²) in [6.07, 6.45) is 11.4. The molecule has 1 saturated carbocycles. The van der Waals surface area contributed by atoms with E-state index < -0.39 is 0 Å². The zero-order valence-corrected chi connectivity index (χ0v) is 12.9. The van der Waals surface area contributed by atoms with Crippen LogP contribution >= 0.6 is 11.6 Å². The van der Waals surface area contributed by atoms with E-state index in [4.69, 9.17) is 11.6 Å². The van der Waals surface area contributed by atoms with Crippen molar-refractivity contribution in [2.45, 2.75) is 50.6 Å². The average Bonchev–Trinajstić information content (AvgIpc) is 3.02. The number of hydrogen-bond donors (Lipinski definition) is 0. The van der Waals surface area contributed by atoms with Crippen molar-refractivity contribution < 1.29 is 0 Å². The van der Waals surface area contributed by atoms with Gasteiger partial charge in [-0.3, -0.25) is 0 Å². The number of aromatic nitrogens is 2. The molecule has 1 aromatic rings. The maximum Gasteiger partial charge on any atom is 0.225 e. The number of rotatable bonds is 3. The van der Waals surface area contributed by atoms with Gasteiger partial charge in [-0.2, -0.15) is 0 Å². The molecule has 0 unspecified atom stereocenters. The Bertz CT molecular complexity index is 422. The van der Waals surface area contributed by atoms with Crippen molar-refractivity contribution >= 4 is 17.5 Å². The molecule has 0 spiro atoms. The van der Waals surface area contributed by atoms with Crippen molar-refractivity contribution in [1.29, 1.82) is 0 Å². The molecule has 0 radical (unpaired) electrons. The molecule has 0 aromatic carbocycles. The monoisotopic (exact) mass is 294 g/mol. The van der Waals surface area contributed by atoms with E-state index in [1.807, 2.05) is 0 Å². The Morgan fingerprint density at radius 2 is 1.70 bits per heavy atom. The number of likely N-dealkylation sites (tertiary alicyclic amines) is 1. The highest BCUT2D eigenvalue weighted by atomic mass is 35.5. The summed E-state index contributed by atoms with van der Waals surface area (Å²) in [5.41, 5.74) is 0. The summed E-state index contributed by atoms with van der Waals surface area (Å²) in [4.78, 5) is 13.5. The molecule has 4 nitrogen and oxygen atoms in total. The van der Waals surface area contributed by atoms with Crippen LogP contribution in [0.2, 0.25) is 5.02 Å². The van der Waals surface area contributed by atoms with Gasteiger partial charge >= 0.3 is 0 Å². The summed E-state index contributed by atoms with van der Waals surface area (Å²) in [6, 6.07) is 1.40. The normalized spacial score (nSPS) is 22.3. The van der Waals surface area contributed by atoms with Crippen molar-refractivity contribution in [2.24, 2.45) is 0 Å². The number of hydrogen-bond acceptors (Lipinski definition) is 4. The van der Waals surface area contributed by atoms with Crippen LogP contribution < -0.4 is 4.90 Å². The van der Waals surface area contributed by atoms with Crippen LogP contribution in [0.4, 0.5) is 5.95 Å². The molecule has 20 heavy (non-hydrogen) atoms. The van der Waals surface area contributed by atoms with E-state index >= 15 is 0 Å². The maximum absolute atomic E-state index is 5.84. The molecule has 3 rings (SSSR count). The van der Waals surface area contributed by atoms with Crippen LogP contribution in [0, 0.1) is 0 Å². The van der Waals surface area contributed by atoms with Gasteiger partial charge in [-0.1, -0.05) is 24.4 Å². The summed E-state index contributed by atoms with van der Waals surface area (Å²) in [5, 5.41) is 0.596. The fourth-order valence-corrected chi connectivity index (χ4v) is 3.66. The van der Waals surface area contributed by atoms with Crippen LogP contribution in [0.1, 0.15) is 38.5 Å². The number of piperidine rings is 1. The Morgan fingerprint density at radius 3 is 2.30 bits per heavy atom. The van der Waals surface area contributed by atoms with Gasteiger partial charge in [0.2, 0.25) is 5.95 Å². The first-order valence-electron chi connectivity index (χ1n) is 7.68. The van der Waals surface area contributed by atoms with Crippen molar-refractivity contribution in [2.75, 3.05) is 25.0 Å².